The predicted octanol–water partition coefficient (Wildman–Crippen LogP) is 1.70. The number of benzene rings is 1. The van der Waals surface area contributed by atoms with Crippen LogP contribution < -0.4 is 15.4 Å². The summed E-state index contributed by atoms with van der Waals surface area (Å²) in [5.74, 6) is 1.95. The van der Waals surface area contributed by atoms with Crippen molar-refractivity contribution < 1.29 is 4.74 Å². The summed E-state index contributed by atoms with van der Waals surface area (Å²) >= 11 is 0. The minimum absolute atomic E-state index is 0.433. The van der Waals surface area contributed by atoms with Gasteiger partial charge < -0.3 is 15.4 Å². The molecule has 94 valence electrons. The second kappa shape index (κ2) is 5.35. The van der Waals surface area contributed by atoms with Crippen LogP contribution in [0, 0.1) is 0 Å². The van der Waals surface area contributed by atoms with E-state index in [1.54, 1.807) is 19.5 Å². The lowest BCUT2D eigenvalue weighted by Gasteiger charge is -2.19. The molecule has 0 spiro atoms. The van der Waals surface area contributed by atoms with Gasteiger partial charge in [-0.1, -0.05) is 12.1 Å². The molecule has 2 rings (SSSR count). The maximum atomic E-state index is 5.79. The van der Waals surface area contributed by atoms with Crippen LogP contribution in [0.25, 0.3) is 0 Å². The number of methoxy groups -OCH3 is 1. The molecule has 1 aromatic heterocycles. The van der Waals surface area contributed by atoms with Gasteiger partial charge in [-0.05, 0) is 17.7 Å². The van der Waals surface area contributed by atoms with Gasteiger partial charge in [0.1, 0.15) is 5.75 Å². The maximum absolute atomic E-state index is 5.79. The molecule has 0 aliphatic carbocycles. The molecule has 0 unspecified atom stereocenters. The quantitative estimate of drug-likeness (QED) is 0.886. The van der Waals surface area contributed by atoms with E-state index in [1.165, 1.54) is 0 Å². The lowest BCUT2D eigenvalue weighted by molar-refractivity contribution is 0.414. The van der Waals surface area contributed by atoms with Gasteiger partial charge in [0.2, 0.25) is 0 Å². The normalized spacial score (nSPS) is 10.1. The van der Waals surface area contributed by atoms with Gasteiger partial charge in [-0.2, -0.15) is 0 Å². The molecule has 0 atom stereocenters. The van der Waals surface area contributed by atoms with Crippen LogP contribution >= 0.6 is 0 Å². The zero-order valence-electron chi connectivity index (χ0n) is 10.5. The molecule has 0 aliphatic rings. The number of anilines is 2. The number of nitrogen functional groups attached to an aromatic ring is 1. The van der Waals surface area contributed by atoms with Crippen molar-refractivity contribution in [3.63, 3.8) is 0 Å². The van der Waals surface area contributed by atoms with Gasteiger partial charge >= 0.3 is 0 Å². The van der Waals surface area contributed by atoms with Crippen LogP contribution in [-0.4, -0.2) is 24.1 Å². The first-order valence-corrected chi connectivity index (χ1v) is 5.61. The van der Waals surface area contributed by atoms with Crippen molar-refractivity contribution in [2.75, 3.05) is 24.8 Å². The summed E-state index contributed by atoms with van der Waals surface area (Å²) in [5, 5.41) is 0. The monoisotopic (exact) mass is 244 g/mol. The van der Waals surface area contributed by atoms with Gasteiger partial charge in [-0.15, -0.1) is 0 Å². The molecule has 0 saturated carbocycles. The zero-order valence-corrected chi connectivity index (χ0v) is 10.5. The van der Waals surface area contributed by atoms with Crippen molar-refractivity contribution in [3.8, 4) is 5.75 Å². The molecule has 0 bridgehead atoms. The molecular formula is C13H16N4O. The molecular weight excluding hydrogens is 228 g/mol. The highest BCUT2D eigenvalue weighted by Crippen LogP contribution is 2.19. The predicted molar refractivity (Wildman–Crippen MR) is 71.5 cm³/mol. The van der Waals surface area contributed by atoms with E-state index in [0.29, 0.717) is 18.2 Å². The molecule has 5 nitrogen and oxygen atoms in total. The summed E-state index contributed by atoms with van der Waals surface area (Å²) in [4.78, 5) is 10.2. The van der Waals surface area contributed by atoms with E-state index in [9.17, 15) is 0 Å². The van der Waals surface area contributed by atoms with E-state index in [4.69, 9.17) is 10.5 Å². The molecule has 0 amide bonds. The number of nitrogens with two attached hydrogens (primary N) is 1. The number of rotatable bonds is 4. The first kappa shape index (κ1) is 12.2. The third-order valence-corrected chi connectivity index (χ3v) is 2.62. The number of hydrogen-bond donors (Lipinski definition) is 1. The fourth-order valence-electron chi connectivity index (χ4n) is 1.76. The molecule has 18 heavy (non-hydrogen) atoms. The van der Waals surface area contributed by atoms with Crippen LogP contribution in [0.15, 0.2) is 36.7 Å². The van der Waals surface area contributed by atoms with E-state index < -0.39 is 0 Å². The SMILES string of the molecule is COc1cccc(CN(C)c2nccnc2N)c1. The van der Waals surface area contributed by atoms with Crippen LogP contribution in [0.5, 0.6) is 5.75 Å². The Bertz CT molecular complexity index is 530. The summed E-state index contributed by atoms with van der Waals surface area (Å²) in [6.07, 6.45) is 3.21. The summed E-state index contributed by atoms with van der Waals surface area (Å²) in [6, 6.07) is 7.90. The summed E-state index contributed by atoms with van der Waals surface area (Å²) in [5.41, 5.74) is 6.92. The smallest absolute Gasteiger partial charge is 0.171 e. The van der Waals surface area contributed by atoms with E-state index in [2.05, 4.69) is 9.97 Å². The third-order valence-electron chi connectivity index (χ3n) is 2.62. The molecule has 0 radical (unpaired) electrons. The van der Waals surface area contributed by atoms with Crippen molar-refractivity contribution in [3.05, 3.63) is 42.2 Å². The van der Waals surface area contributed by atoms with Crippen molar-refractivity contribution in [1.29, 1.82) is 0 Å². The van der Waals surface area contributed by atoms with Gasteiger partial charge in [-0.3, -0.25) is 0 Å². The molecule has 1 aromatic carbocycles. The molecule has 2 N–H and O–H groups in total. The second-order valence-corrected chi connectivity index (χ2v) is 3.97. The Labute approximate surface area is 106 Å². The first-order chi connectivity index (χ1) is 8.70. The summed E-state index contributed by atoms with van der Waals surface area (Å²) < 4.78 is 5.19. The van der Waals surface area contributed by atoms with Gasteiger partial charge in [0, 0.05) is 26.0 Å². The molecule has 2 aromatic rings. The van der Waals surface area contributed by atoms with E-state index >= 15 is 0 Å². The molecule has 5 heteroatoms. The zero-order chi connectivity index (χ0) is 13.0. The Morgan fingerprint density at radius 1 is 1.28 bits per heavy atom. The Balaban J connectivity index is 2.16. The highest BCUT2D eigenvalue weighted by Gasteiger charge is 2.08. The minimum Gasteiger partial charge on any atom is -0.497 e. The largest absolute Gasteiger partial charge is 0.497 e. The van der Waals surface area contributed by atoms with Crippen LogP contribution in [-0.2, 0) is 6.54 Å². The van der Waals surface area contributed by atoms with Crippen molar-refractivity contribution in [1.82, 2.24) is 9.97 Å². The van der Waals surface area contributed by atoms with E-state index in [1.807, 2.05) is 36.2 Å². The van der Waals surface area contributed by atoms with Crippen LogP contribution in [0.1, 0.15) is 5.56 Å². The Hall–Kier alpha value is -2.30. The first-order valence-electron chi connectivity index (χ1n) is 5.61. The van der Waals surface area contributed by atoms with Crippen LogP contribution in [0.2, 0.25) is 0 Å². The average molecular weight is 244 g/mol. The van der Waals surface area contributed by atoms with E-state index in [-0.39, 0.29) is 0 Å². The minimum atomic E-state index is 0.433. The maximum Gasteiger partial charge on any atom is 0.171 e. The van der Waals surface area contributed by atoms with Gasteiger partial charge in [0.15, 0.2) is 11.6 Å². The molecule has 0 saturated heterocycles. The highest BCUT2D eigenvalue weighted by atomic mass is 16.5. The van der Waals surface area contributed by atoms with Crippen LogP contribution in [0.3, 0.4) is 0 Å². The number of hydrogen-bond acceptors (Lipinski definition) is 5. The summed E-state index contributed by atoms with van der Waals surface area (Å²) in [6.45, 7) is 0.695. The Morgan fingerprint density at radius 3 is 2.78 bits per heavy atom. The Morgan fingerprint density at radius 2 is 2.06 bits per heavy atom. The van der Waals surface area contributed by atoms with Crippen molar-refractivity contribution >= 4 is 11.6 Å². The Kier molecular flexibility index (Phi) is 3.62. The molecule has 1 heterocycles. The van der Waals surface area contributed by atoms with Crippen molar-refractivity contribution in [2.45, 2.75) is 6.54 Å². The number of aromatic nitrogens is 2. The molecule has 0 fully saturated rings. The van der Waals surface area contributed by atoms with Gasteiger partial charge in [-0.25, -0.2) is 9.97 Å². The fourth-order valence-corrected chi connectivity index (χ4v) is 1.76. The van der Waals surface area contributed by atoms with E-state index in [0.717, 1.165) is 11.3 Å². The fraction of sp³-hybridized carbons (Fsp3) is 0.231. The average Bonchev–Trinajstić information content (AvgIpc) is 2.39. The molecule has 0 aliphatic heterocycles. The van der Waals surface area contributed by atoms with Gasteiger partial charge in [0.05, 0.1) is 7.11 Å². The summed E-state index contributed by atoms with van der Waals surface area (Å²) in [7, 11) is 3.59. The lowest BCUT2D eigenvalue weighted by atomic mass is 10.2. The number of ether oxygens (including phenoxy) is 1. The standard InChI is InChI=1S/C13H16N4O/c1-17(13-12(14)15-6-7-16-13)9-10-4-3-5-11(8-10)18-2/h3-8H,9H2,1-2H3,(H2,14,15). The lowest BCUT2D eigenvalue weighted by Crippen LogP contribution is -2.19. The second-order valence-electron chi connectivity index (χ2n) is 3.97. The van der Waals surface area contributed by atoms with Gasteiger partial charge in [0.25, 0.3) is 0 Å². The third kappa shape index (κ3) is 2.68. The highest BCUT2D eigenvalue weighted by molar-refractivity contribution is 5.56. The topological polar surface area (TPSA) is 64.3 Å². The van der Waals surface area contributed by atoms with Crippen molar-refractivity contribution in [2.24, 2.45) is 0 Å². The number of nitrogens with zero attached hydrogens (tertiary/aromatic N) is 3. The van der Waals surface area contributed by atoms with Crippen LogP contribution in [0.4, 0.5) is 11.6 Å².